The average molecular weight is 299 g/mol. The summed E-state index contributed by atoms with van der Waals surface area (Å²) in [7, 11) is 0. The molecule has 1 fully saturated rings. The maximum atomic E-state index is 12.5. The Morgan fingerprint density at radius 1 is 1.23 bits per heavy atom. The van der Waals surface area contributed by atoms with E-state index >= 15 is 0 Å². The van der Waals surface area contributed by atoms with Crippen molar-refractivity contribution < 1.29 is 14.3 Å². The third kappa shape index (κ3) is 2.35. The van der Waals surface area contributed by atoms with Crippen LogP contribution in [0.4, 0.5) is 0 Å². The van der Waals surface area contributed by atoms with Crippen molar-refractivity contribution in [3.05, 3.63) is 47.8 Å². The summed E-state index contributed by atoms with van der Waals surface area (Å²) < 4.78 is 12.7. The van der Waals surface area contributed by atoms with Crippen LogP contribution in [0.3, 0.4) is 0 Å². The monoisotopic (exact) mass is 299 g/mol. The maximum absolute atomic E-state index is 12.5. The highest BCUT2D eigenvalue weighted by Gasteiger charge is 2.34. The zero-order chi connectivity index (χ0) is 14.9. The van der Waals surface area contributed by atoms with Crippen LogP contribution in [-0.2, 0) is 17.9 Å². The Labute approximate surface area is 128 Å². The van der Waals surface area contributed by atoms with Crippen molar-refractivity contribution in [1.82, 2.24) is 14.7 Å². The molecule has 1 amide bonds. The highest BCUT2D eigenvalue weighted by Crippen LogP contribution is 2.20. The van der Waals surface area contributed by atoms with Crippen LogP contribution >= 0.6 is 0 Å². The van der Waals surface area contributed by atoms with Gasteiger partial charge in [0.25, 0.3) is 5.91 Å². The molecule has 4 rings (SSSR count). The number of rotatable bonds is 4. The Kier molecular flexibility index (Phi) is 3.31. The number of para-hydroxylation sites is 1. The van der Waals surface area contributed by atoms with E-state index in [1.54, 1.807) is 4.68 Å². The van der Waals surface area contributed by atoms with Crippen molar-refractivity contribution in [2.24, 2.45) is 0 Å². The smallest absolute Gasteiger partial charge is 0.272 e. The number of benzene rings is 1. The Balaban J connectivity index is 1.47. The molecule has 0 spiro atoms. The lowest BCUT2D eigenvalue weighted by molar-refractivity contribution is -0.0575. The zero-order valence-electron chi connectivity index (χ0n) is 12.1. The van der Waals surface area contributed by atoms with Crippen LogP contribution in [-0.4, -0.2) is 46.4 Å². The minimum atomic E-state index is 0.0398. The van der Waals surface area contributed by atoms with Crippen molar-refractivity contribution >= 4 is 5.91 Å². The summed E-state index contributed by atoms with van der Waals surface area (Å²) >= 11 is 0. The first kappa shape index (κ1) is 13.3. The third-order valence-electron chi connectivity index (χ3n) is 4.05. The number of aromatic nitrogens is 2. The number of hydrogen-bond acceptors (Lipinski definition) is 4. The number of nitrogens with zero attached hydrogens (tertiary/aromatic N) is 3. The minimum absolute atomic E-state index is 0.0398. The van der Waals surface area contributed by atoms with Crippen LogP contribution in [0.2, 0.25) is 0 Å². The normalized spacial score (nSPS) is 18.0. The number of ether oxygens (including phenoxy) is 2. The molecule has 1 aromatic heterocycles. The molecule has 0 radical (unpaired) electrons. The van der Waals surface area contributed by atoms with Crippen molar-refractivity contribution in [2.75, 3.05) is 19.8 Å². The first-order chi connectivity index (χ1) is 10.8. The molecule has 6 heteroatoms. The van der Waals surface area contributed by atoms with E-state index in [9.17, 15) is 4.79 Å². The molecule has 6 nitrogen and oxygen atoms in total. The second kappa shape index (κ2) is 5.46. The summed E-state index contributed by atoms with van der Waals surface area (Å²) in [5.74, 6) is 0.839. The highest BCUT2D eigenvalue weighted by molar-refractivity contribution is 5.93. The summed E-state index contributed by atoms with van der Waals surface area (Å²) in [6, 6.07) is 11.7. The van der Waals surface area contributed by atoms with Gasteiger partial charge >= 0.3 is 0 Å². The molecule has 0 bridgehead atoms. The minimum Gasteiger partial charge on any atom is -0.487 e. The van der Waals surface area contributed by atoms with Gasteiger partial charge in [-0.3, -0.25) is 9.48 Å². The first-order valence-corrected chi connectivity index (χ1v) is 7.44. The number of carbonyl (C=O) groups excluding carboxylic acids is 1. The van der Waals surface area contributed by atoms with Gasteiger partial charge in [-0.25, -0.2) is 0 Å². The van der Waals surface area contributed by atoms with Gasteiger partial charge in [-0.15, -0.1) is 0 Å². The van der Waals surface area contributed by atoms with E-state index in [2.05, 4.69) is 5.10 Å². The predicted octanol–water partition coefficient (Wildman–Crippen LogP) is 1.32. The molecule has 1 aromatic carbocycles. The summed E-state index contributed by atoms with van der Waals surface area (Å²) in [6.07, 6.45) is 0. The van der Waals surface area contributed by atoms with Gasteiger partial charge in [0.2, 0.25) is 0 Å². The molecule has 22 heavy (non-hydrogen) atoms. The van der Waals surface area contributed by atoms with Crippen LogP contribution in [0.15, 0.2) is 36.4 Å². The quantitative estimate of drug-likeness (QED) is 0.854. The Hall–Kier alpha value is -2.34. The molecular weight excluding hydrogens is 282 g/mol. The van der Waals surface area contributed by atoms with Crippen molar-refractivity contribution in [2.45, 2.75) is 19.2 Å². The molecule has 2 aromatic rings. The van der Waals surface area contributed by atoms with Crippen LogP contribution in [0, 0.1) is 0 Å². The fourth-order valence-corrected chi connectivity index (χ4v) is 2.76. The lowest BCUT2D eigenvalue weighted by Gasteiger charge is -2.39. The molecule has 0 unspecified atom stereocenters. The summed E-state index contributed by atoms with van der Waals surface area (Å²) in [6.45, 7) is 3.07. The molecule has 0 aliphatic carbocycles. The lowest BCUT2D eigenvalue weighted by atomic mass is 10.1. The standard InChI is InChI=1S/C16H17N3O3/c20-16-15-8-12(9-22-14-4-2-1-3-5-14)17-19(15)7-6-18(16)13-10-21-11-13/h1-5,8,13H,6-7,9-11H2. The topological polar surface area (TPSA) is 56.6 Å². The zero-order valence-corrected chi connectivity index (χ0v) is 12.1. The first-order valence-electron chi connectivity index (χ1n) is 7.44. The van der Waals surface area contributed by atoms with Gasteiger partial charge in [-0.05, 0) is 18.2 Å². The van der Waals surface area contributed by atoms with Crippen molar-refractivity contribution in [1.29, 1.82) is 0 Å². The second-order valence-electron chi connectivity index (χ2n) is 5.54. The molecule has 0 saturated carbocycles. The van der Waals surface area contributed by atoms with E-state index < -0.39 is 0 Å². The number of hydrogen-bond donors (Lipinski definition) is 0. The van der Waals surface area contributed by atoms with Gasteiger partial charge in [0.05, 0.1) is 25.8 Å². The number of amides is 1. The number of carbonyl (C=O) groups is 1. The van der Waals surface area contributed by atoms with E-state index in [-0.39, 0.29) is 11.9 Å². The molecule has 2 aliphatic rings. The molecule has 0 atom stereocenters. The molecule has 114 valence electrons. The van der Waals surface area contributed by atoms with Gasteiger partial charge in [0, 0.05) is 6.54 Å². The van der Waals surface area contributed by atoms with Gasteiger partial charge in [-0.2, -0.15) is 5.10 Å². The second-order valence-corrected chi connectivity index (χ2v) is 5.54. The molecule has 2 aliphatic heterocycles. The third-order valence-corrected chi connectivity index (χ3v) is 4.05. The largest absolute Gasteiger partial charge is 0.487 e. The SMILES string of the molecule is O=C1c2cc(COc3ccccc3)nn2CCN1C1COC1. The van der Waals surface area contributed by atoms with Gasteiger partial charge in [-0.1, -0.05) is 18.2 Å². The van der Waals surface area contributed by atoms with Crippen molar-refractivity contribution in [3.8, 4) is 5.75 Å². The summed E-state index contributed by atoms with van der Waals surface area (Å²) in [4.78, 5) is 14.4. The predicted molar refractivity (Wildman–Crippen MR) is 78.6 cm³/mol. The fraction of sp³-hybridized carbons (Fsp3) is 0.375. The van der Waals surface area contributed by atoms with Gasteiger partial charge in [0.15, 0.2) is 0 Å². The Bertz CT molecular complexity index is 679. The van der Waals surface area contributed by atoms with E-state index in [1.807, 2.05) is 41.3 Å². The van der Waals surface area contributed by atoms with Crippen LogP contribution in [0.1, 0.15) is 16.2 Å². The van der Waals surface area contributed by atoms with E-state index in [0.29, 0.717) is 32.1 Å². The van der Waals surface area contributed by atoms with Gasteiger partial charge < -0.3 is 14.4 Å². The summed E-state index contributed by atoms with van der Waals surface area (Å²) in [5, 5.41) is 4.47. The average Bonchev–Trinajstić information content (AvgIpc) is 2.91. The number of fused-ring (bicyclic) bond motifs is 1. The Morgan fingerprint density at radius 2 is 2.05 bits per heavy atom. The van der Waals surface area contributed by atoms with E-state index in [1.165, 1.54) is 0 Å². The van der Waals surface area contributed by atoms with Crippen molar-refractivity contribution in [3.63, 3.8) is 0 Å². The maximum Gasteiger partial charge on any atom is 0.272 e. The highest BCUT2D eigenvalue weighted by atomic mass is 16.5. The van der Waals surface area contributed by atoms with Crippen LogP contribution in [0.5, 0.6) is 5.75 Å². The fourth-order valence-electron chi connectivity index (χ4n) is 2.76. The molecule has 1 saturated heterocycles. The molecule has 0 N–H and O–H groups in total. The van der Waals surface area contributed by atoms with Crippen LogP contribution in [0.25, 0.3) is 0 Å². The summed E-state index contributed by atoms with van der Waals surface area (Å²) in [5.41, 5.74) is 1.42. The molecule has 3 heterocycles. The van der Waals surface area contributed by atoms with Crippen LogP contribution < -0.4 is 4.74 Å². The van der Waals surface area contributed by atoms with E-state index in [4.69, 9.17) is 9.47 Å². The molecular formula is C16H17N3O3. The Morgan fingerprint density at radius 3 is 2.77 bits per heavy atom. The lowest BCUT2D eigenvalue weighted by Crippen LogP contribution is -2.54. The van der Waals surface area contributed by atoms with E-state index in [0.717, 1.165) is 18.0 Å². The van der Waals surface area contributed by atoms with Gasteiger partial charge in [0.1, 0.15) is 23.7 Å².